The van der Waals surface area contributed by atoms with Crippen LogP contribution in [0, 0.1) is 11.3 Å². The van der Waals surface area contributed by atoms with Crippen LogP contribution in [-0.4, -0.2) is 9.97 Å². The van der Waals surface area contributed by atoms with Gasteiger partial charge in [0.05, 0.1) is 5.02 Å². The maximum absolute atomic E-state index is 8.71. The highest BCUT2D eigenvalue weighted by molar-refractivity contribution is 7.99. The second kappa shape index (κ2) is 4.97. The standard InChI is InChI=1S/C11H6ClN3S/c12-8-4-5-10(14-7-8)16-11-3-1-2-9(6-13)15-11/h1-5,7H. The zero-order valence-electron chi connectivity index (χ0n) is 8.09. The molecule has 0 radical (unpaired) electrons. The van der Waals surface area contributed by atoms with Crippen LogP contribution in [0.2, 0.25) is 5.02 Å². The molecular formula is C11H6ClN3S. The van der Waals surface area contributed by atoms with Gasteiger partial charge in [-0.2, -0.15) is 5.26 Å². The molecule has 0 aliphatic carbocycles. The molecule has 3 nitrogen and oxygen atoms in total. The summed E-state index contributed by atoms with van der Waals surface area (Å²) in [6, 6.07) is 10.9. The van der Waals surface area contributed by atoms with E-state index in [1.807, 2.05) is 18.2 Å². The third-order valence-corrected chi connectivity index (χ3v) is 2.86. The molecule has 0 spiro atoms. The number of halogens is 1. The van der Waals surface area contributed by atoms with Gasteiger partial charge >= 0.3 is 0 Å². The van der Waals surface area contributed by atoms with Crippen LogP contribution >= 0.6 is 23.4 Å². The summed E-state index contributed by atoms with van der Waals surface area (Å²) in [6.07, 6.45) is 1.58. The minimum absolute atomic E-state index is 0.402. The molecule has 0 atom stereocenters. The number of nitrogens with zero attached hydrogens (tertiary/aromatic N) is 3. The Balaban J connectivity index is 2.21. The van der Waals surface area contributed by atoms with Gasteiger partial charge in [0, 0.05) is 6.20 Å². The van der Waals surface area contributed by atoms with E-state index in [9.17, 15) is 0 Å². The fourth-order valence-corrected chi connectivity index (χ4v) is 1.92. The zero-order valence-corrected chi connectivity index (χ0v) is 9.66. The third kappa shape index (κ3) is 2.72. The summed E-state index contributed by atoms with van der Waals surface area (Å²) in [5, 5.41) is 10.9. The number of hydrogen-bond acceptors (Lipinski definition) is 4. The second-order valence-corrected chi connectivity index (χ2v) is 4.37. The van der Waals surface area contributed by atoms with E-state index < -0.39 is 0 Å². The third-order valence-electron chi connectivity index (χ3n) is 1.75. The Bertz CT molecular complexity index is 534. The van der Waals surface area contributed by atoms with Crippen LogP contribution in [0.25, 0.3) is 0 Å². The molecule has 0 N–H and O–H groups in total. The molecule has 0 saturated carbocycles. The first-order chi connectivity index (χ1) is 7.78. The van der Waals surface area contributed by atoms with Gasteiger partial charge in [-0.25, -0.2) is 9.97 Å². The molecule has 0 saturated heterocycles. The lowest BCUT2D eigenvalue weighted by atomic mass is 10.4. The SMILES string of the molecule is N#Cc1cccc(Sc2ccc(Cl)cn2)n1. The van der Waals surface area contributed by atoms with Crippen molar-refractivity contribution in [2.45, 2.75) is 10.1 Å². The van der Waals surface area contributed by atoms with Crippen molar-refractivity contribution in [2.24, 2.45) is 0 Å². The van der Waals surface area contributed by atoms with E-state index in [-0.39, 0.29) is 0 Å². The summed E-state index contributed by atoms with van der Waals surface area (Å²) in [5.41, 5.74) is 0.402. The summed E-state index contributed by atoms with van der Waals surface area (Å²) in [4.78, 5) is 8.27. The molecule has 78 valence electrons. The normalized spacial score (nSPS) is 9.75. The molecule has 0 unspecified atom stereocenters. The molecule has 0 aliphatic heterocycles. The van der Waals surface area contributed by atoms with E-state index >= 15 is 0 Å². The Labute approximate surface area is 102 Å². The molecule has 16 heavy (non-hydrogen) atoms. The van der Waals surface area contributed by atoms with Crippen LogP contribution in [0.3, 0.4) is 0 Å². The van der Waals surface area contributed by atoms with Crippen molar-refractivity contribution in [2.75, 3.05) is 0 Å². The van der Waals surface area contributed by atoms with Gasteiger partial charge in [0.15, 0.2) is 0 Å². The Hall–Kier alpha value is -1.57. The predicted octanol–water partition coefficient (Wildman–Crippen LogP) is 3.15. The van der Waals surface area contributed by atoms with E-state index in [1.54, 1.807) is 24.4 Å². The van der Waals surface area contributed by atoms with Gasteiger partial charge in [0.2, 0.25) is 0 Å². The van der Waals surface area contributed by atoms with Crippen molar-refractivity contribution in [3.63, 3.8) is 0 Å². The van der Waals surface area contributed by atoms with E-state index in [4.69, 9.17) is 16.9 Å². The van der Waals surface area contributed by atoms with Crippen molar-refractivity contribution >= 4 is 23.4 Å². The molecule has 5 heteroatoms. The quantitative estimate of drug-likeness (QED) is 0.818. The monoisotopic (exact) mass is 247 g/mol. The average molecular weight is 248 g/mol. The van der Waals surface area contributed by atoms with E-state index in [1.165, 1.54) is 11.8 Å². The molecule has 0 aliphatic rings. The number of nitriles is 1. The van der Waals surface area contributed by atoms with Crippen LogP contribution < -0.4 is 0 Å². The fraction of sp³-hybridized carbons (Fsp3) is 0. The van der Waals surface area contributed by atoms with Crippen molar-refractivity contribution in [1.29, 1.82) is 5.26 Å². The maximum atomic E-state index is 8.71. The Kier molecular flexibility index (Phi) is 3.40. The first-order valence-electron chi connectivity index (χ1n) is 4.44. The summed E-state index contributed by atoms with van der Waals surface area (Å²) in [5.74, 6) is 0. The molecule has 2 rings (SSSR count). The maximum Gasteiger partial charge on any atom is 0.141 e. The highest BCUT2D eigenvalue weighted by atomic mass is 35.5. The Morgan fingerprint density at radius 2 is 2.06 bits per heavy atom. The highest BCUT2D eigenvalue weighted by Gasteiger charge is 2.01. The van der Waals surface area contributed by atoms with E-state index in [2.05, 4.69) is 9.97 Å². The predicted molar refractivity (Wildman–Crippen MR) is 62.3 cm³/mol. The largest absolute Gasteiger partial charge is 0.248 e. The molecule has 0 amide bonds. The lowest BCUT2D eigenvalue weighted by Crippen LogP contribution is -1.85. The molecule has 0 bridgehead atoms. The zero-order chi connectivity index (χ0) is 11.4. The van der Waals surface area contributed by atoms with Crippen LogP contribution in [0.5, 0.6) is 0 Å². The Morgan fingerprint density at radius 3 is 2.75 bits per heavy atom. The van der Waals surface area contributed by atoms with Crippen LogP contribution in [-0.2, 0) is 0 Å². The van der Waals surface area contributed by atoms with Crippen molar-refractivity contribution < 1.29 is 0 Å². The van der Waals surface area contributed by atoms with Gasteiger partial charge in [-0.15, -0.1) is 0 Å². The number of aromatic nitrogens is 2. The first kappa shape index (κ1) is 10.9. The molecule has 2 aromatic heterocycles. The van der Waals surface area contributed by atoms with Gasteiger partial charge in [-0.1, -0.05) is 29.4 Å². The summed E-state index contributed by atoms with van der Waals surface area (Å²) in [6.45, 7) is 0. The van der Waals surface area contributed by atoms with E-state index in [0.29, 0.717) is 10.7 Å². The lowest BCUT2D eigenvalue weighted by molar-refractivity contribution is 1.08. The van der Waals surface area contributed by atoms with Gasteiger partial charge < -0.3 is 0 Å². The number of hydrogen-bond donors (Lipinski definition) is 0. The van der Waals surface area contributed by atoms with Gasteiger partial charge in [-0.05, 0) is 24.3 Å². The fourth-order valence-electron chi connectivity index (χ4n) is 1.06. The molecule has 0 aromatic carbocycles. The van der Waals surface area contributed by atoms with E-state index in [0.717, 1.165) is 10.1 Å². The highest BCUT2D eigenvalue weighted by Crippen LogP contribution is 2.24. The average Bonchev–Trinajstić information content (AvgIpc) is 2.32. The molecule has 0 fully saturated rings. The van der Waals surface area contributed by atoms with Crippen molar-refractivity contribution in [1.82, 2.24) is 9.97 Å². The minimum Gasteiger partial charge on any atom is -0.248 e. The van der Waals surface area contributed by atoms with Gasteiger partial charge in [-0.3, -0.25) is 0 Å². The number of pyridine rings is 2. The van der Waals surface area contributed by atoms with Crippen molar-refractivity contribution in [3.8, 4) is 6.07 Å². The lowest BCUT2D eigenvalue weighted by Gasteiger charge is -1.99. The Morgan fingerprint density at radius 1 is 1.19 bits per heavy atom. The molecule has 2 aromatic rings. The molecular weight excluding hydrogens is 242 g/mol. The van der Waals surface area contributed by atoms with Crippen molar-refractivity contribution in [3.05, 3.63) is 47.2 Å². The summed E-state index contributed by atoms with van der Waals surface area (Å²) >= 11 is 7.13. The topological polar surface area (TPSA) is 49.6 Å². The summed E-state index contributed by atoms with van der Waals surface area (Å²) < 4.78 is 0. The van der Waals surface area contributed by atoms with Gasteiger partial charge in [0.25, 0.3) is 0 Å². The van der Waals surface area contributed by atoms with Crippen LogP contribution in [0.1, 0.15) is 5.69 Å². The minimum atomic E-state index is 0.402. The summed E-state index contributed by atoms with van der Waals surface area (Å²) in [7, 11) is 0. The number of rotatable bonds is 2. The smallest absolute Gasteiger partial charge is 0.141 e. The molecule has 2 heterocycles. The van der Waals surface area contributed by atoms with Crippen LogP contribution in [0.4, 0.5) is 0 Å². The van der Waals surface area contributed by atoms with Crippen LogP contribution in [0.15, 0.2) is 46.6 Å². The van der Waals surface area contributed by atoms with Gasteiger partial charge in [0.1, 0.15) is 21.8 Å². The first-order valence-corrected chi connectivity index (χ1v) is 5.64. The second-order valence-electron chi connectivity index (χ2n) is 2.89.